The van der Waals surface area contributed by atoms with Crippen LogP contribution in [-0.2, 0) is 11.2 Å². The molecule has 3 N–H and O–H groups in total. The van der Waals surface area contributed by atoms with Crippen molar-refractivity contribution in [1.29, 1.82) is 5.26 Å². The molecule has 2 aromatic carbocycles. The molecule has 2 aromatic heterocycles. The van der Waals surface area contributed by atoms with E-state index < -0.39 is 6.09 Å². The monoisotopic (exact) mass is 584 g/mol. The van der Waals surface area contributed by atoms with Gasteiger partial charge in [-0.3, -0.25) is 9.69 Å². The Morgan fingerprint density at radius 3 is 2.65 bits per heavy atom. The number of nitriles is 1. The van der Waals surface area contributed by atoms with Crippen LogP contribution in [0.1, 0.15) is 55.3 Å². The summed E-state index contributed by atoms with van der Waals surface area (Å²) in [5.41, 5.74) is 4.46. The van der Waals surface area contributed by atoms with E-state index in [9.17, 15) is 14.9 Å². The van der Waals surface area contributed by atoms with Crippen molar-refractivity contribution in [1.82, 2.24) is 20.5 Å². The molecule has 43 heavy (non-hydrogen) atoms. The molecule has 1 saturated heterocycles. The fourth-order valence-electron chi connectivity index (χ4n) is 5.41. The summed E-state index contributed by atoms with van der Waals surface area (Å²) in [6.45, 7) is 10.8. The number of amides is 2. The van der Waals surface area contributed by atoms with E-state index in [2.05, 4.69) is 43.7 Å². The maximum atomic E-state index is 12.6. The van der Waals surface area contributed by atoms with Gasteiger partial charge in [0.2, 0.25) is 0 Å². The standard InChI is InChI=1S/C33H40N6O4/c1-33(2,3)37-32(41)42-17-11-35-31(40)30-20-25-19-26(8-10-29(25)43-30)39-15-13-38(14-16-39)12-5-4-6-24-22-36-28-9-7-23(21-34)18-27(24)28/h7-10,18-20,22,36H,4-6,11-17H2,1-3H3,(H,35,40)(H,37,41). The minimum absolute atomic E-state index is 0.0677. The summed E-state index contributed by atoms with van der Waals surface area (Å²) in [5.74, 6) is -0.114. The number of anilines is 1. The Hall–Kier alpha value is -4.49. The zero-order valence-corrected chi connectivity index (χ0v) is 25.2. The molecule has 10 nitrogen and oxygen atoms in total. The molecule has 226 valence electrons. The quantitative estimate of drug-likeness (QED) is 0.219. The highest BCUT2D eigenvalue weighted by molar-refractivity contribution is 5.96. The number of nitrogens with one attached hydrogen (secondary N) is 3. The molecule has 0 radical (unpaired) electrons. The number of aryl methyl sites for hydroxylation is 1. The summed E-state index contributed by atoms with van der Waals surface area (Å²) in [6.07, 6.45) is 4.80. The summed E-state index contributed by atoms with van der Waals surface area (Å²) in [5, 5.41) is 16.7. The first-order chi connectivity index (χ1) is 20.7. The maximum Gasteiger partial charge on any atom is 0.407 e. The van der Waals surface area contributed by atoms with Gasteiger partial charge in [0.1, 0.15) is 12.2 Å². The molecule has 0 saturated carbocycles. The second-order valence-corrected chi connectivity index (χ2v) is 12.1. The summed E-state index contributed by atoms with van der Waals surface area (Å²) >= 11 is 0. The Labute approximate surface area is 252 Å². The van der Waals surface area contributed by atoms with E-state index in [0.717, 1.165) is 74.0 Å². The molecule has 5 rings (SSSR count). The number of alkyl carbamates (subject to hydrolysis) is 1. The van der Waals surface area contributed by atoms with Crippen molar-refractivity contribution in [3.63, 3.8) is 0 Å². The zero-order chi connectivity index (χ0) is 30.4. The Balaban J connectivity index is 1.04. The van der Waals surface area contributed by atoms with Crippen LogP contribution in [0.25, 0.3) is 21.9 Å². The predicted octanol–water partition coefficient (Wildman–Crippen LogP) is 5.19. The van der Waals surface area contributed by atoms with E-state index in [0.29, 0.717) is 11.1 Å². The van der Waals surface area contributed by atoms with Crippen LogP contribution in [0.15, 0.2) is 53.1 Å². The number of nitrogens with zero attached hydrogens (tertiary/aromatic N) is 3. The second-order valence-electron chi connectivity index (χ2n) is 12.1. The first kappa shape index (κ1) is 30.0. The molecule has 0 aliphatic carbocycles. The smallest absolute Gasteiger partial charge is 0.407 e. The number of piperazine rings is 1. The van der Waals surface area contributed by atoms with Gasteiger partial charge in [0, 0.05) is 59.9 Å². The van der Waals surface area contributed by atoms with Crippen LogP contribution < -0.4 is 15.5 Å². The van der Waals surface area contributed by atoms with Crippen molar-refractivity contribution < 1.29 is 18.7 Å². The zero-order valence-electron chi connectivity index (χ0n) is 25.2. The number of ether oxygens (including phenoxy) is 1. The van der Waals surface area contributed by atoms with Crippen molar-refractivity contribution in [3.05, 3.63) is 65.5 Å². The number of H-pyrrole nitrogens is 1. The average Bonchev–Trinajstić information content (AvgIpc) is 3.60. The third-order valence-electron chi connectivity index (χ3n) is 7.63. The van der Waals surface area contributed by atoms with Gasteiger partial charge < -0.3 is 29.7 Å². The number of hydrogen-bond acceptors (Lipinski definition) is 7. The predicted molar refractivity (Wildman–Crippen MR) is 167 cm³/mol. The van der Waals surface area contributed by atoms with Crippen molar-refractivity contribution >= 4 is 39.6 Å². The van der Waals surface area contributed by atoms with Crippen LogP contribution in [0.4, 0.5) is 10.5 Å². The van der Waals surface area contributed by atoms with Gasteiger partial charge in [-0.25, -0.2) is 4.79 Å². The molecule has 0 atom stereocenters. The number of hydrogen-bond donors (Lipinski definition) is 3. The van der Waals surface area contributed by atoms with E-state index in [1.165, 1.54) is 5.56 Å². The van der Waals surface area contributed by atoms with Gasteiger partial charge in [-0.15, -0.1) is 0 Å². The van der Waals surface area contributed by atoms with Gasteiger partial charge in [-0.2, -0.15) is 5.26 Å². The number of unbranched alkanes of at least 4 members (excludes halogenated alkanes) is 1. The summed E-state index contributed by atoms with van der Waals surface area (Å²) in [7, 11) is 0. The maximum absolute atomic E-state index is 12.6. The Kier molecular flexibility index (Phi) is 9.22. The first-order valence-corrected chi connectivity index (χ1v) is 14.9. The Morgan fingerprint density at radius 2 is 1.88 bits per heavy atom. The molecule has 4 aromatic rings. The number of carbonyl (C=O) groups excluding carboxylic acids is 2. The average molecular weight is 585 g/mol. The van der Waals surface area contributed by atoms with Crippen LogP contribution in [0, 0.1) is 11.3 Å². The van der Waals surface area contributed by atoms with Crippen molar-refractivity contribution in [3.8, 4) is 6.07 Å². The number of aromatic amines is 1. The van der Waals surface area contributed by atoms with Crippen molar-refractivity contribution in [2.75, 3.05) is 50.8 Å². The third kappa shape index (κ3) is 7.87. The molecular formula is C33H40N6O4. The molecule has 1 aliphatic heterocycles. The van der Waals surface area contributed by atoms with Gasteiger partial charge in [0.05, 0.1) is 18.2 Å². The van der Waals surface area contributed by atoms with Crippen LogP contribution in [0.2, 0.25) is 0 Å². The normalized spacial score (nSPS) is 14.1. The van der Waals surface area contributed by atoms with Gasteiger partial charge >= 0.3 is 6.09 Å². The number of aromatic nitrogens is 1. The summed E-state index contributed by atoms with van der Waals surface area (Å²) < 4.78 is 10.9. The lowest BCUT2D eigenvalue weighted by atomic mass is 10.1. The molecule has 1 aliphatic rings. The highest BCUT2D eigenvalue weighted by Gasteiger charge is 2.19. The fraction of sp³-hybridized carbons (Fsp3) is 0.424. The molecule has 0 unspecified atom stereocenters. The SMILES string of the molecule is CC(C)(C)NC(=O)OCCNC(=O)c1cc2cc(N3CCN(CCCCc4c[nH]c5ccc(C#N)cc45)CC3)ccc2o1. The Bertz CT molecular complexity index is 1620. The first-order valence-electron chi connectivity index (χ1n) is 14.9. The van der Waals surface area contributed by atoms with Crippen LogP contribution in [-0.4, -0.2) is 73.3 Å². The third-order valence-corrected chi connectivity index (χ3v) is 7.63. The lowest BCUT2D eigenvalue weighted by molar-refractivity contribution is 0.0906. The number of fused-ring (bicyclic) bond motifs is 2. The van der Waals surface area contributed by atoms with Gasteiger partial charge in [0.25, 0.3) is 5.91 Å². The lowest BCUT2D eigenvalue weighted by Crippen LogP contribution is -2.46. The van der Waals surface area contributed by atoms with E-state index in [1.54, 1.807) is 6.07 Å². The minimum Gasteiger partial charge on any atom is -0.451 e. The molecular weight excluding hydrogens is 544 g/mol. The van der Waals surface area contributed by atoms with E-state index in [1.807, 2.05) is 51.1 Å². The molecule has 1 fully saturated rings. The minimum atomic E-state index is -0.517. The molecule has 10 heteroatoms. The highest BCUT2D eigenvalue weighted by Crippen LogP contribution is 2.26. The number of rotatable bonds is 10. The topological polar surface area (TPSA) is 127 Å². The summed E-state index contributed by atoms with van der Waals surface area (Å²) in [6, 6.07) is 15.8. The van der Waals surface area contributed by atoms with Gasteiger partial charge in [-0.05, 0) is 94.6 Å². The molecule has 2 amide bonds. The highest BCUT2D eigenvalue weighted by atomic mass is 16.5. The Morgan fingerprint density at radius 1 is 1.07 bits per heavy atom. The van der Waals surface area contributed by atoms with Crippen molar-refractivity contribution in [2.24, 2.45) is 0 Å². The van der Waals surface area contributed by atoms with Gasteiger partial charge in [0.15, 0.2) is 5.76 Å². The molecule has 0 spiro atoms. The van der Waals surface area contributed by atoms with Crippen molar-refractivity contribution in [2.45, 2.75) is 45.6 Å². The largest absolute Gasteiger partial charge is 0.451 e. The number of benzene rings is 2. The van der Waals surface area contributed by atoms with Crippen LogP contribution >= 0.6 is 0 Å². The lowest BCUT2D eigenvalue weighted by Gasteiger charge is -2.36. The van der Waals surface area contributed by atoms with Gasteiger partial charge in [-0.1, -0.05) is 0 Å². The van der Waals surface area contributed by atoms with Crippen LogP contribution in [0.5, 0.6) is 0 Å². The van der Waals surface area contributed by atoms with E-state index >= 15 is 0 Å². The van der Waals surface area contributed by atoms with E-state index in [-0.39, 0.29) is 30.4 Å². The van der Waals surface area contributed by atoms with Crippen LogP contribution in [0.3, 0.4) is 0 Å². The number of furan rings is 1. The molecule has 3 heterocycles. The fourth-order valence-corrected chi connectivity index (χ4v) is 5.41. The van der Waals surface area contributed by atoms with E-state index in [4.69, 9.17) is 9.15 Å². The molecule has 0 bridgehead atoms. The second kappa shape index (κ2) is 13.2. The summed E-state index contributed by atoms with van der Waals surface area (Å²) in [4.78, 5) is 32.5. The number of carbonyl (C=O) groups is 2.